The first-order chi connectivity index (χ1) is 32.0. The van der Waals surface area contributed by atoms with Crippen molar-refractivity contribution in [1.29, 1.82) is 0 Å². The summed E-state index contributed by atoms with van der Waals surface area (Å²) in [4.78, 5) is 12.9. The van der Waals surface area contributed by atoms with Crippen LogP contribution in [0.15, 0.2) is 83.6 Å². The van der Waals surface area contributed by atoms with Crippen molar-refractivity contribution in [2.75, 3.05) is 0 Å². The van der Waals surface area contributed by atoms with Crippen molar-refractivity contribution in [3.63, 3.8) is 0 Å². The van der Waals surface area contributed by atoms with Gasteiger partial charge in [0, 0.05) is 98.9 Å². The number of unbranched alkanes of at least 4 members (excludes halogenated alkanes) is 2. The maximum absolute atomic E-state index is 5.00. The number of rotatable bonds is 18. The van der Waals surface area contributed by atoms with E-state index in [0.717, 1.165) is 44.3 Å². The van der Waals surface area contributed by atoms with Crippen molar-refractivity contribution < 1.29 is 42.1 Å². The van der Waals surface area contributed by atoms with Crippen molar-refractivity contribution in [2.24, 2.45) is 11.8 Å². The van der Waals surface area contributed by atoms with Gasteiger partial charge in [-0.2, -0.15) is 31.4 Å². The third kappa shape index (κ3) is 9.26. The molecule has 2 aromatic carbocycles. The maximum atomic E-state index is 5.00. The summed E-state index contributed by atoms with van der Waals surface area (Å²) in [6.07, 6.45) is 12.3. The molecule has 11 rings (SSSR count). The van der Waals surface area contributed by atoms with E-state index in [-0.39, 0.29) is 47.5 Å². The van der Waals surface area contributed by atoms with Gasteiger partial charge in [-0.3, -0.25) is 0 Å². The largest absolute Gasteiger partial charge is 0.224 e. The van der Waals surface area contributed by atoms with Gasteiger partial charge in [0.25, 0.3) is 0 Å². The summed E-state index contributed by atoms with van der Waals surface area (Å²) in [5, 5.41) is 4.30. The molecule has 0 saturated heterocycles. The number of hydrogen-bond donors (Lipinski definition) is 0. The molecule has 10 aromatic rings. The number of benzene rings is 2. The van der Waals surface area contributed by atoms with E-state index >= 15 is 0 Å². The van der Waals surface area contributed by atoms with Gasteiger partial charge in [0.2, 0.25) is 0 Å². The second kappa shape index (κ2) is 21.6. The van der Waals surface area contributed by atoms with E-state index in [1.807, 2.05) is 45.3 Å². The van der Waals surface area contributed by atoms with Crippen LogP contribution < -0.4 is 0 Å². The van der Waals surface area contributed by atoms with Crippen LogP contribution in [0.3, 0.4) is 0 Å². The molecule has 342 valence electrons. The smallest absolute Gasteiger partial charge is 0.0572 e. The minimum absolute atomic E-state index is 0. The van der Waals surface area contributed by atoms with E-state index in [2.05, 4.69) is 123 Å². The SMILES string of the molecule is CCCCC(CC)CC1(CC(CC)CCCC)c2cc(-c3[c-]cc(-c4ccc(-c5cccs5)s4)c4nsnc34)sc2-c2sc(-c3[c-]cc(-c4ccc(-c5cccs5)s4)c4nsnc34)cc21.[W].[W]. The summed E-state index contributed by atoms with van der Waals surface area (Å²) < 4.78 is 19.9. The Morgan fingerprint density at radius 3 is 1.34 bits per heavy atom. The average Bonchev–Trinajstić information content (AvgIpc) is 4.16. The number of aromatic nitrogens is 4. The Labute approximate surface area is 455 Å². The van der Waals surface area contributed by atoms with Crippen molar-refractivity contribution in [3.8, 4) is 71.0 Å². The van der Waals surface area contributed by atoms with Gasteiger partial charge in [-0.15, -0.1) is 80.7 Å². The molecule has 8 heterocycles. The zero-order valence-electron chi connectivity index (χ0n) is 37.7. The van der Waals surface area contributed by atoms with Crippen molar-refractivity contribution in [3.05, 3.63) is 107 Å². The molecule has 2 unspecified atom stereocenters. The van der Waals surface area contributed by atoms with Gasteiger partial charge < -0.3 is 0 Å². The summed E-state index contributed by atoms with van der Waals surface area (Å²) in [7, 11) is 0. The molecule has 0 saturated carbocycles. The summed E-state index contributed by atoms with van der Waals surface area (Å²) in [5.74, 6) is 1.28. The van der Waals surface area contributed by atoms with Crippen molar-refractivity contribution in [2.45, 2.75) is 97.3 Å². The summed E-state index contributed by atoms with van der Waals surface area (Å²) in [6.45, 7) is 9.54. The molecule has 0 aliphatic heterocycles. The molecule has 8 aromatic heterocycles. The van der Waals surface area contributed by atoms with E-state index in [1.54, 1.807) is 22.7 Å². The minimum atomic E-state index is -0.0971. The molecule has 0 bridgehead atoms. The molecule has 0 fully saturated rings. The fourth-order valence-corrected chi connectivity index (χ4v) is 17.6. The van der Waals surface area contributed by atoms with E-state index in [0.29, 0.717) is 11.8 Å². The van der Waals surface area contributed by atoms with Gasteiger partial charge in [0.1, 0.15) is 0 Å². The third-order valence-electron chi connectivity index (χ3n) is 13.5. The van der Waals surface area contributed by atoms with Gasteiger partial charge in [-0.25, -0.2) is 8.75 Å². The summed E-state index contributed by atoms with van der Waals surface area (Å²) >= 11 is 13.7. The molecule has 1 aliphatic rings. The number of fused-ring (bicyclic) bond motifs is 5. The Morgan fingerprint density at radius 2 is 0.940 bits per heavy atom. The monoisotopic (exact) mass is 1360 g/mol. The molecule has 0 N–H and O–H groups in total. The van der Waals surface area contributed by atoms with Gasteiger partial charge in [0.05, 0.1) is 23.5 Å². The molecule has 67 heavy (non-hydrogen) atoms. The molecule has 2 atom stereocenters. The molecule has 0 amide bonds. The molecule has 0 radical (unpaired) electrons. The van der Waals surface area contributed by atoms with Crippen LogP contribution in [-0.2, 0) is 47.5 Å². The first kappa shape index (κ1) is 49.6. The van der Waals surface area contributed by atoms with E-state index < -0.39 is 0 Å². The maximum Gasteiger partial charge on any atom is 0.0572 e. The van der Waals surface area contributed by atoms with Crippen LogP contribution in [0.5, 0.6) is 0 Å². The second-order valence-corrected chi connectivity index (χ2v) is 24.6. The van der Waals surface area contributed by atoms with Gasteiger partial charge in [0.15, 0.2) is 0 Å². The van der Waals surface area contributed by atoms with Crippen LogP contribution in [0.2, 0.25) is 0 Å². The molecule has 0 spiro atoms. The van der Waals surface area contributed by atoms with Crippen molar-refractivity contribution in [1.82, 2.24) is 17.5 Å². The predicted molar refractivity (Wildman–Crippen MR) is 288 cm³/mol. The molecule has 4 nitrogen and oxygen atoms in total. The van der Waals surface area contributed by atoms with E-state index in [9.17, 15) is 0 Å². The Balaban J connectivity index is 0.00000281. The third-order valence-corrected chi connectivity index (χ3v) is 21.4. The van der Waals surface area contributed by atoms with E-state index in [1.165, 1.54) is 148 Å². The van der Waals surface area contributed by atoms with Crippen LogP contribution in [0.25, 0.3) is 93.1 Å². The van der Waals surface area contributed by atoms with Crippen LogP contribution in [-0.4, -0.2) is 17.5 Å². The van der Waals surface area contributed by atoms with Crippen LogP contribution >= 0.6 is 91.5 Å². The van der Waals surface area contributed by atoms with Gasteiger partial charge in [-0.05, 0) is 90.3 Å². The Bertz CT molecular complexity index is 3000. The fraction of sp³-hybridized carbons (Fsp3) is 0.321. The summed E-state index contributed by atoms with van der Waals surface area (Å²) in [5.41, 5.74) is 11.2. The predicted octanol–water partition coefficient (Wildman–Crippen LogP) is 19.1. The molecule has 1 aliphatic carbocycles. The number of hydrogen-bond acceptors (Lipinski definition) is 12. The zero-order valence-corrected chi connectivity index (χ0v) is 50.1. The number of nitrogens with zero attached hydrogens (tertiary/aromatic N) is 4. The zero-order chi connectivity index (χ0) is 44.1. The normalized spacial score (nSPS) is 13.7. The first-order valence-corrected chi connectivity index (χ1v) is 29.4. The summed E-state index contributed by atoms with van der Waals surface area (Å²) in [6, 6.07) is 34.7. The molecule has 14 heteroatoms. The van der Waals surface area contributed by atoms with Crippen molar-refractivity contribution >= 4 is 114 Å². The average molecular weight is 1370 g/mol. The number of thiophene rings is 6. The van der Waals surface area contributed by atoms with Crippen LogP contribution in [0.4, 0.5) is 0 Å². The quantitative estimate of drug-likeness (QED) is 0.0804. The fourth-order valence-electron chi connectivity index (χ4n) is 10.1. The van der Waals surface area contributed by atoms with Gasteiger partial charge in [-0.1, -0.05) is 127 Å². The van der Waals surface area contributed by atoms with Crippen LogP contribution in [0, 0.1) is 24.0 Å². The van der Waals surface area contributed by atoms with Gasteiger partial charge >= 0.3 is 0 Å². The van der Waals surface area contributed by atoms with Crippen LogP contribution in [0.1, 0.15) is 103 Å². The second-order valence-electron chi connectivity index (χ2n) is 17.4. The minimum Gasteiger partial charge on any atom is -0.224 e. The Hall–Kier alpha value is -2.34. The standard InChI is InChI=1S/C53H48N4S8.2W/c1-5-9-13-31(7-3)29-53(30-32(8-4)14-10-6-2)37-27-45(35-19-17-33(47-49(35)56-64-54-47)39-21-23-43(60-39)41-15-11-25-58-41)62-51(37)52-38(53)28-46(63-52)36-20-18-34(48-50(36)57-65-55-48)40-22-24-44(61-40)42-16-12-26-59-42;;/h11-12,15-18,21-28,31-32H,5-10,13-14,29-30H2,1-4H3;;/q-2;;. The molecular weight excluding hydrogens is 1320 g/mol. The van der Waals surface area contributed by atoms with E-state index in [4.69, 9.17) is 17.5 Å². The Morgan fingerprint density at radius 1 is 0.507 bits per heavy atom. The Kier molecular flexibility index (Phi) is 16.0. The first-order valence-electron chi connectivity index (χ1n) is 22.9. The molecular formula is C53H48N4S8W2-2. The topological polar surface area (TPSA) is 51.6 Å².